The van der Waals surface area contributed by atoms with E-state index in [4.69, 9.17) is 4.98 Å². The minimum absolute atomic E-state index is 0.156. The maximum absolute atomic E-state index is 13.2. The van der Waals surface area contributed by atoms with Crippen LogP contribution in [0.5, 0.6) is 0 Å². The van der Waals surface area contributed by atoms with Gasteiger partial charge in [0.25, 0.3) is 5.56 Å². The van der Waals surface area contributed by atoms with Gasteiger partial charge in [-0.3, -0.25) is 14.2 Å². The zero-order chi connectivity index (χ0) is 23.4. The fraction of sp³-hybridized carbons (Fsp3) is 0.120. The first kappa shape index (κ1) is 22.5. The quantitative estimate of drug-likeness (QED) is 0.224. The number of rotatable bonds is 7. The van der Waals surface area contributed by atoms with E-state index in [0.29, 0.717) is 26.6 Å². The molecule has 0 fully saturated rings. The highest BCUT2D eigenvalue weighted by Gasteiger charge is 2.21. The number of nitriles is 1. The lowest BCUT2D eigenvalue weighted by Crippen LogP contribution is -2.26. The molecule has 4 aromatic rings. The molecule has 2 aromatic heterocycles. The van der Waals surface area contributed by atoms with Crippen molar-refractivity contribution in [2.45, 2.75) is 23.9 Å². The summed E-state index contributed by atoms with van der Waals surface area (Å²) in [6.07, 6.45) is 1.64. The molecule has 33 heavy (non-hydrogen) atoms. The van der Waals surface area contributed by atoms with E-state index in [-0.39, 0.29) is 18.0 Å². The molecule has 1 N–H and O–H groups in total. The minimum Gasteiger partial charge on any atom is -0.324 e. The van der Waals surface area contributed by atoms with Gasteiger partial charge in [-0.05, 0) is 30.7 Å². The third-order valence-electron chi connectivity index (χ3n) is 4.93. The number of nitrogens with zero attached hydrogens (tertiary/aromatic N) is 3. The number of allylic oxidation sites excluding steroid dienone is 1. The number of nitrogens with one attached hydrogen (secondary N) is 1. The van der Waals surface area contributed by atoms with E-state index in [1.165, 1.54) is 27.7 Å². The van der Waals surface area contributed by atoms with Gasteiger partial charge in [-0.25, -0.2) is 4.98 Å². The summed E-state index contributed by atoms with van der Waals surface area (Å²) < 4.78 is 2.11. The minimum atomic E-state index is -0.551. The van der Waals surface area contributed by atoms with Gasteiger partial charge < -0.3 is 5.32 Å². The molecule has 2 heterocycles. The highest BCUT2D eigenvalue weighted by atomic mass is 32.2. The Morgan fingerprint density at radius 3 is 2.73 bits per heavy atom. The summed E-state index contributed by atoms with van der Waals surface area (Å²) in [5.41, 5.74) is 2.31. The number of anilines is 1. The molecule has 0 bridgehead atoms. The number of amides is 1. The van der Waals surface area contributed by atoms with Gasteiger partial charge in [0.05, 0.1) is 22.0 Å². The summed E-state index contributed by atoms with van der Waals surface area (Å²) >= 11 is 2.61. The van der Waals surface area contributed by atoms with Gasteiger partial charge in [-0.1, -0.05) is 60.3 Å². The van der Waals surface area contributed by atoms with E-state index in [0.717, 1.165) is 10.4 Å². The number of benzene rings is 2. The highest BCUT2D eigenvalue weighted by molar-refractivity contribution is 8.00. The number of carbonyl (C=O) groups is 1. The summed E-state index contributed by atoms with van der Waals surface area (Å²) in [4.78, 5) is 31.7. The number of hydrogen-bond donors (Lipinski definition) is 1. The van der Waals surface area contributed by atoms with Gasteiger partial charge >= 0.3 is 0 Å². The van der Waals surface area contributed by atoms with Crippen LogP contribution in [0.3, 0.4) is 0 Å². The van der Waals surface area contributed by atoms with Crippen LogP contribution < -0.4 is 10.9 Å². The molecule has 1 unspecified atom stereocenters. The average molecular weight is 473 g/mol. The van der Waals surface area contributed by atoms with Crippen molar-refractivity contribution in [2.24, 2.45) is 0 Å². The molecule has 6 nitrogen and oxygen atoms in total. The molecule has 2 aromatic carbocycles. The standard InChI is InChI=1S/C25H20N4O2S2/c1-3-13-29-24(31)22-20(14-21(33-22)17-9-5-4-6-10-17)28-25(29)32-16(2)23(30)27-19-12-8-7-11-18(19)15-26/h3-12,14,16H,1,13H2,2H3,(H,27,30). The molecular weight excluding hydrogens is 452 g/mol. The third-order valence-corrected chi connectivity index (χ3v) is 7.18. The van der Waals surface area contributed by atoms with Crippen LogP contribution in [0.25, 0.3) is 20.7 Å². The van der Waals surface area contributed by atoms with Crippen LogP contribution >= 0.6 is 23.1 Å². The van der Waals surface area contributed by atoms with Crippen LogP contribution in [0.4, 0.5) is 5.69 Å². The van der Waals surface area contributed by atoms with Gasteiger partial charge in [0.15, 0.2) is 5.16 Å². The van der Waals surface area contributed by atoms with Crippen molar-refractivity contribution in [1.82, 2.24) is 9.55 Å². The number of fused-ring (bicyclic) bond motifs is 1. The predicted molar refractivity (Wildman–Crippen MR) is 135 cm³/mol. The number of thioether (sulfide) groups is 1. The van der Waals surface area contributed by atoms with Gasteiger partial charge in [0.1, 0.15) is 10.8 Å². The predicted octanol–water partition coefficient (Wildman–Crippen LogP) is 5.30. The molecule has 0 saturated carbocycles. The SMILES string of the molecule is C=CCn1c(SC(C)C(=O)Nc2ccccc2C#N)nc2cc(-c3ccccc3)sc2c1=O. The Balaban J connectivity index is 1.66. The van der Waals surface area contributed by atoms with Crippen molar-refractivity contribution >= 4 is 44.9 Å². The molecule has 1 amide bonds. The molecule has 0 saturated heterocycles. The second kappa shape index (κ2) is 9.86. The molecule has 0 spiro atoms. The number of carbonyl (C=O) groups excluding carboxylic acids is 1. The molecule has 0 aliphatic carbocycles. The average Bonchev–Trinajstić information content (AvgIpc) is 3.27. The first-order chi connectivity index (χ1) is 16.0. The molecule has 0 aliphatic heterocycles. The molecule has 0 radical (unpaired) electrons. The number of thiophene rings is 1. The Labute approximate surface area is 199 Å². The van der Waals surface area contributed by atoms with Crippen molar-refractivity contribution in [3.63, 3.8) is 0 Å². The lowest BCUT2D eigenvalue weighted by molar-refractivity contribution is -0.115. The van der Waals surface area contributed by atoms with Crippen LogP contribution in [-0.4, -0.2) is 20.7 Å². The molecule has 4 rings (SSSR count). The normalized spacial score (nSPS) is 11.6. The van der Waals surface area contributed by atoms with Crippen molar-refractivity contribution in [3.05, 3.63) is 89.2 Å². The van der Waals surface area contributed by atoms with Gasteiger partial charge in [0.2, 0.25) is 5.91 Å². The second-order valence-corrected chi connectivity index (χ2v) is 9.56. The van der Waals surface area contributed by atoms with Gasteiger partial charge in [0, 0.05) is 11.4 Å². The van der Waals surface area contributed by atoms with Crippen LogP contribution in [0.2, 0.25) is 0 Å². The molecule has 1 atom stereocenters. The number of para-hydroxylation sites is 1. The fourth-order valence-electron chi connectivity index (χ4n) is 3.25. The van der Waals surface area contributed by atoms with Crippen LogP contribution in [0.1, 0.15) is 12.5 Å². The first-order valence-electron chi connectivity index (χ1n) is 10.2. The zero-order valence-corrected chi connectivity index (χ0v) is 19.5. The van der Waals surface area contributed by atoms with E-state index < -0.39 is 5.25 Å². The summed E-state index contributed by atoms with van der Waals surface area (Å²) in [6.45, 7) is 5.79. The van der Waals surface area contributed by atoms with E-state index in [1.807, 2.05) is 36.4 Å². The Morgan fingerprint density at radius 1 is 1.27 bits per heavy atom. The number of aromatic nitrogens is 2. The Morgan fingerprint density at radius 2 is 2.00 bits per heavy atom. The van der Waals surface area contributed by atoms with Gasteiger partial charge in [-0.15, -0.1) is 17.9 Å². The lowest BCUT2D eigenvalue weighted by atomic mass is 10.2. The summed E-state index contributed by atoms with van der Waals surface area (Å²) in [5, 5.41) is 11.9. The summed E-state index contributed by atoms with van der Waals surface area (Å²) in [7, 11) is 0. The fourth-order valence-corrected chi connectivity index (χ4v) is 5.22. The van der Waals surface area contributed by atoms with E-state index in [2.05, 4.69) is 18.0 Å². The maximum atomic E-state index is 13.2. The summed E-state index contributed by atoms with van der Waals surface area (Å²) in [5.74, 6) is -0.280. The summed E-state index contributed by atoms with van der Waals surface area (Å²) in [6, 6.07) is 20.6. The second-order valence-electron chi connectivity index (χ2n) is 7.20. The van der Waals surface area contributed by atoms with Crippen molar-refractivity contribution in [2.75, 3.05) is 5.32 Å². The van der Waals surface area contributed by atoms with Crippen LogP contribution in [-0.2, 0) is 11.3 Å². The third kappa shape index (κ3) is 4.75. The first-order valence-corrected chi connectivity index (χ1v) is 11.9. The molecule has 0 aliphatic rings. The Bertz CT molecular complexity index is 1430. The van der Waals surface area contributed by atoms with Crippen molar-refractivity contribution in [1.29, 1.82) is 5.26 Å². The van der Waals surface area contributed by atoms with E-state index in [1.54, 1.807) is 37.3 Å². The molecule has 164 valence electrons. The molecular formula is C25H20N4O2S2. The highest BCUT2D eigenvalue weighted by Crippen LogP contribution is 2.32. The largest absolute Gasteiger partial charge is 0.324 e. The van der Waals surface area contributed by atoms with Crippen LogP contribution in [0.15, 0.2) is 83.3 Å². The van der Waals surface area contributed by atoms with Crippen molar-refractivity contribution < 1.29 is 4.79 Å². The van der Waals surface area contributed by atoms with E-state index >= 15 is 0 Å². The monoisotopic (exact) mass is 472 g/mol. The topological polar surface area (TPSA) is 87.8 Å². The maximum Gasteiger partial charge on any atom is 0.272 e. The zero-order valence-electron chi connectivity index (χ0n) is 17.8. The van der Waals surface area contributed by atoms with Crippen molar-refractivity contribution in [3.8, 4) is 16.5 Å². The van der Waals surface area contributed by atoms with Gasteiger partial charge in [-0.2, -0.15) is 5.26 Å². The Hall–Kier alpha value is -3.67. The van der Waals surface area contributed by atoms with E-state index in [9.17, 15) is 14.9 Å². The van der Waals surface area contributed by atoms with Crippen LogP contribution in [0, 0.1) is 11.3 Å². The smallest absolute Gasteiger partial charge is 0.272 e. The number of hydrogen-bond acceptors (Lipinski definition) is 6. The molecule has 8 heteroatoms. The lowest BCUT2D eigenvalue weighted by Gasteiger charge is -2.15. The Kier molecular flexibility index (Phi) is 6.73.